The number of esters is 1. The lowest BCUT2D eigenvalue weighted by Crippen LogP contribution is -2.35. The Labute approximate surface area is 253 Å². The highest BCUT2D eigenvalue weighted by atomic mass is 19.1. The molecule has 1 aliphatic heterocycles. The third-order valence-electron chi connectivity index (χ3n) is 7.96. The molecule has 1 aromatic carbocycles. The molecule has 226 valence electrons. The van der Waals surface area contributed by atoms with Gasteiger partial charge in [0.15, 0.2) is 11.3 Å². The van der Waals surface area contributed by atoms with E-state index in [4.69, 9.17) is 19.7 Å². The molecule has 0 bridgehead atoms. The van der Waals surface area contributed by atoms with E-state index in [2.05, 4.69) is 36.0 Å². The number of carbonyl (C=O) groups is 1. The number of halogens is 1. The van der Waals surface area contributed by atoms with E-state index >= 15 is 0 Å². The maximum absolute atomic E-state index is 14.2. The first-order valence-electron chi connectivity index (χ1n) is 14.5. The van der Waals surface area contributed by atoms with Gasteiger partial charge in [0.25, 0.3) is 0 Å². The Kier molecular flexibility index (Phi) is 8.33. The summed E-state index contributed by atoms with van der Waals surface area (Å²) in [5, 5.41) is 13.5. The first kappa shape index (κ1) is 29.0. The van der Waals surface area contributed by atoms with Gasteiger partial charge in [-0.3, -0.25) is 9.58 Å². The van der Waals surface area contributed by atoms with Crippen LogP contribution in [0.3, 0.4) is 0 Å². The zero-order chi connectivity index (χ0) is 30.6. The molecular weight excluding hydrogens is 565 g/mol. The monoisotopic (exact) mass is 597 g/mol. The maximum Gasteiger partial charge on any atom is 0.356 e. The Morgan fingerprint density at radius 3 is 2.73 bits per heavy atom. The summed E-state index contributed by atoms with van der Waals surface area (Å²) in [6, 6.07) is 11.7. The van der Waals surface area contributed by atoms with Crippen LogP contribution in [0.25, 0.3) is 11.2 Å². The van der Waals surface area contributed by atoms with Gasteiger partial charge in [-0.25, -0.2) is 24.1 Å². The molecule has 4 aromatic heterocycles. The number of imidazole rings is 2. The summed E-state index contributed by atoms with van der Waals surface area (Å²) in [6.07, 6.45) is 7.32. The lowest BCUT2D eigenvalue weighted by atomic mass is 10.1. The molecule has 0 spiro atoms. The highest BCUT2D eigenvalue weighted by Crippen LogP contribution is 2.26. The smallest absolute Gasteiger partial charge is 0.356 e. The Balaban J connectivity index is 1.13. The molecule has 1 saturated heterocycles. The number of aryl methyl sites for hydroxylation is 1. The van der Waals surface area contributed by atoms with Crippen molar-refractivity contribution in [3.05, 3.63) is 89.3 Å². The van der Waals surface area contributed by atoms with Crippen molar-refractivity contribution in [2.75, 3.05) is 20.2 Å². The summed E-state index contributed by atoms with van der Waals surface area (Å²) in [4.78, 5) is 28.4. The molecule has 5 aromatic rings. The second kappa shape index (κ2) is 12.6. The lowest BCUT2D eigenvalue weighted by Gasteiger charge is -2.31. The number of hydrogen-bond acceptors (Lipinski definition) is 9. The van der Waals surface area contributed by atoms with Crippen LogP contribution in [0.1, 0.15) is 58.9 Å². The van der Waals surface area contributed by atoms with E-state index in [1.165, 1.54) is 13.2 Å². The molecule has 1 fully saturated rings. The molecule has 0 aliphatic carbocycles. The predicted octanol–water partition coefficient (Wildman–Crippen LogP) is 4.11. The van der Waals surface area contributed by atoms with Crippen molar-refractivity contribution in [1.82, 2.24) is 38.8 Å². The average molecular weight is 598 g/mol. The molecule has 5 heterocycles. The first-order chi connectivity index (χ1) is 21.4. The number of aromatic nitrogens is 7. The number of pyridine rings is 1. The molecule has 0 radical (unpaired) electrons. The highest BCUT2D eigenvalue weighted by Gasteiger charge is 2.24. The van der Waals surface area contributed by atoms with Crippen LogP contribution in [0.2, 0.25) is 0 Å². The lowest BCUT2D eigenvalue weighted by molar-refractivity contribution is 0.0594. The van der Waals surface area contributed by atoms with E-state index in [1.807, 2.05) is 35.5 Å². The zero-order valence-corrected chi connectivity index (χ0v) is 24.6. The minimum atomic E-state index is -0.490. The molecule has 12 nitrogen and oxygen atoms in total. The number of fused-ring (bicyclic) bond motifs is 1. The number of benzene rings is 1. The van der Waals surface area contributed by atoms with Gasteiger partial charge in [0.05, 0.1) is 49.9 Å². The van der Waals surface area contributed by atoms with Crippen molar-refractivity contribution < 1.29 is 18.7 Å². The topological polar surface area (TPSA) is 129 Å². The van der Waals surface area contributed by atoms with E-state index < -0.39 is 11.8 Å². The van der Waals surface area contributed by atoms with Crippen LogP contribution in [-0.4, -0.2) is 64.9 Å². The van der Waals surface area contributed by atoms with E-state index in [-0.39, 0.29) is 23.9 Å². The van der Waals surface area contributed by atoms with Crippen molar-refractivity contribution in [3.63, 3.8) is 0 Å². The van der Waals surface area contributed by atoms with Gasteiger partial charge in [0.2, 0.25) is 5.88 Å². The number of likely N-dealkylation sites (tertiary alicyclic amines) is 1. The molecule has 44 heavy (non-hydrogen) atoms. The highest BCUT2D eigenvalue weighted by molar-refractivity contribution is 5.89. The van der Waals surface area contributed by atoms with Crippen molar-refractivity contribution in [3.8, 4) is 11.9 Å². The maximum atomic E-state index is 14.2. The third-order valence-corrected chi connectivity index (χ3v) is 7.96. The van der Waals surface area contributed by atoms with E-state index in [0.29, 0.717) is 30.2 Å². The standard InChI is InChI=1S/C31H32FN9O3/c1-3-39-20-34-16-24(39)17-40-28(35-26-6-7-27(31(42)43-2)36-30(26)40)18-38-11-8-23(9-12-38)41-13-10-29(37-41)44-19-22-5-4-21(15-33)14-25(22)32/h4-7,10,13-14,16,20,23H,3,8-9,11-12,17-19H2,1-2H3. The van der Waals surface area contributed by atoms with Crippen molar-refractivity contribution >= 4 is 17.1 Å². The summed E-state index contributed by atoms with van der Waals surface area (Å²) in [6.45, 7) is 5.72. The number of hydrogen-bond donors (Lipinski definition) is 0. The summed E-state index contributed by atoms with van der Waals surface area (Å²) >= 11 is 0. The van der Waals surface area contributed by atoms with Crippen LogP contribution in [-0.2, 0) is 31.0 Å². The second-order valence-corrected chi connectivity index (χ2v) is 10.7. The summed E-state index contributed by atoms with van der Waals surface area (Å²) in [5.74, 6) is 0.326. The van der Waals surface area contributed by atoms with Crippen LogP contribution in [0, 0.1) is 17.1 Å². The van der Waals surface area contributed by atoms with Gasteiger partial charge >= 0.3 is 5.97 Å². The number of piperidine rings is 1. The van der Waals surface area contributed by atoms with Crippen LogP contribution in [0.15, 0.2) is 55.1 Å². The van der Waals surface area contributed by atoms with Crippen LogP contribution in [0.5, 0.6) is 5.88 Å². The molecule has 0 atom stereocenters. The minimum absolute atomic E-state index is 0.0308. The van der Waals surface area contributed by atoms with E-state index in [9.17, 15) is 9.18 Å². The molecule has 1 aliphatic rings. The number of nitriles is 1. The number of ether oxygens (including phenoxy) is 2. The Hall–Kier alpha value is -5.09. The quantitative estimate of drug-likeness (QED) is 0.219. The number of rotatable bonds is 10. The molecule has 0 amide bonds. The van der Waals surface area contributed by atoms with Gasteiger partial charge in [-0.1, -0.05) is 6.07 Å². The number of nitrogens with zero attached hydrogens (tertiary/aromatic N) is 9. The average Bonchev–Trinajstić information content (AvgIpc) is 3.79. The van der Waals surface area contributed by atoms with Crippen LogP contribution < -0.4 is 4.74 Å². The Morgan fingerprint density at radius 1 is 1.14 bits per heavy atom. The number of carbonyl (C=O) groups excluding carboxylic acids is 1. The molecule has 6 rings (SSSR count). The van der Waals surface area contributed by atoms with Gasteiger partial charge in [0, 0.05) is 43.7 Å². The minimum Gasteiger partial charge on any atom is -0.472 e. The van der Waals surface area contributed by atoms with Crippen molar-refractivity contribution in [2.45, 2.75) is 52.0 Å². The normalized spacial score (nSPS) is 14.1. The largest absolute Gasteiger partial charge is 0.472 e. The van der Waals surface area contributed by atoms with E-state index in [0.717, 1.165) is 49.5 Å². The van der Waals surface area contributed by atoms with Crippen LogP contribution >= 0.6 is 0 Å². The van der Waals surface area contributed by atoms with E-state index in [1.54, 1.807) is 24.3 Å². The molecule has 0 unspecified atom stereocenters. The predicted molar refractivity (Wildman–Crippen MR) is 157 cm³/mol. The van der Waals surface area contributed by atoms with Crippen LogP contribution in [0.4, 0.5) is 4.39 Å². The summed E-state index contributed by atoms with van der Waals surface area (Å²) in [7, 11) is 1.34. The van der Waals surface area contributed by atoms with Gasteiger partial charge in [-0.15, -0.1) is 5.10 Å². The summed E-state index contributed by atoms with van der Waals surface area (Å²) < 4.78 is 30.9. The fourth-order valence-corrected chi connectivity index (χ4v) is 5.51. The molecule has 0 saturated carbocycles. The molecule has 0 N–H and O–H groups in total. The fraction of sp³-hybridized carbons (Fsp3) is 0.355. The number of methoxy groups -OCH3 is 1. The Bertz CT molecular complexity index is 1830. The van der Waals surface area contributed by atoms with Gasteiger partial charge < -0.3 is 18.6 Å². The second-order valence-electron chi connectivity index (χ2n) is 10.7. The molecule has 13 heteroatoms. The SMILES string of the molecule is CCn1cncc1Cn1c(CN2CCC(n3ccc(OCc4ccc(C#N)cc4F)n3)CC2)nc2ccc(C(=O)OC)nc21. The van der Waals surface area contributed by atoms with Crippen molar-refractivity contribution in [1.29, 1.82) is 5.26 Å². The summed E-state index contributed by atoms with van der Waals surface area (Å²) in [5.41, 5.74) is 3.25. The fourth-order valence-electron chi connectivity index (χ4n) is 5.51. The first-order valence-corrected chi connectivity index (χ1v) is 14.5. The molecular formula is C31H32FN9O3. The third kappa shape index (κ3) is 6.02. The van der Waals surface area contributed by atoms with Gasteiger partial charge in [-0.05, 0) is 44.0 Å². The van der Waals surface area contributed by atoms with Crippen molar-refractivity contribution in [2.24, 2.45) is 0 Å². The van der Waals surface area contributed by atoms with Gasteiger partial charge in [-0.2, -0.15) is 5.26 Å². The zero-order valence-electron chi connectivity index (χ0n) is 24.6. The Morgan fingerprint density at radius 2 is 1.98 bits per heavy atom. The van der Waals surface area contributed by atoms with Gasteiger partial charge in [0.1, 0.15) is 23.8 Å².